The average molecular weight is 432 g/mol. The number of benzene rings is 1. The molecular weight excluding hydrogens is 402 g/mol. The van der Waals surface area contributed by atoms with E-state index in [9.17, 15) is 5.11 Å². The van der Waals surface area contributed by atoms with Crippen molar-refractivity contribution >= 4 is 23.4 Å². The SMILES string of the molecule is CCOc1cccc(C(O)CN(C)Cc2c([C@H]3CCCO3)[nH]c3ncccc23)c1.Cl. The summed E-state index contributed by atoms with van der Waals surface area (Å²) in [6.07, 6.45) is 3.42. The van der Waals surface area contributed by atoms with Crippen molar-refractivity contribution in [2.24, 2.45) is 0 Å². The van der Waals surface area contributed by atoms with E-state index >= 15 is 0 Å². The number of likely N-dealkylation sites (N-methyl/N-ethyl adjacent to an activating group) is 1. The fourth-order valence-corrected chi connectivity index (χ4v) is 4.06. The van der Waals surface area contributed by atoms with Gasteiger partial charge >= 0.3 is 0 Å². The first-order valence-corrected chi connectivity index (χ1v) is 10.3. The fourth-order valence-electron chi connectivity index (χ4n) is 4.06. The number of aromatic nitrogens is 2. The van der Waals surface area contributed by atoms with Crippen LogP contribution in [0.2, 0.25) is 0 Å². The van der Waals surface area contributed by atoms with Crippen molar-refractivity contribution in [3.05, 3.63) is 59.4 Å². The first-order valence-electron chi connectivity index (χ1n) is 10.3. The minimum atomic E-state index is -0.588. The Morgan fingerprint density at radius 1 is 1.33 bits per heavy atom. The second kappa shape index (κ2) is 10.3. The van der Waals surface area contributed by atoms with Gasteiger partial charge in [0.05, 0.1) is 24.5 Å². The lowest BCUT2D eigenvalue weighted by atomic mass is 10.1. The monoisotopic (exact) mass is 431 g/mol. The molecule has 1 aliphatic heterocycles. The van der Waals surface area contributed by atoms with Crippen LogP contribution in [0.3, 0.4) is 0 Å². The number of ether oxygens (including phenoxy) is 2. The lowest BCUT2D eigenvalue weighted by molar-refractivity contribution is 0.105. The van der Waals surface area contributed by atoms with Crippen LogP contribution >= 0.6 is 12.4 Å². The Morgan fingerprint density at radius 2 is 2.20 bits per heavy atom. The maximum absolute atomic E-state index is 10.8. The van der Waals surface area contributed by atoms with E-state index in [1.807, 2.05) is 44.3 Å². The third-order valence-electron chi connectivity index (χ3n) is 5.43. The number of aliphatic hydroxyl groups excluding tert-OH is 1. The number of fused-ring (bicyclic) bond motifs is 1. The summed E-state index contributed by atoms with van der Waals surface area (Å²) in [5.74, 6) is 0.787. The van der Waals surface area contributed by atoms with Crippen LogP contribution in [0.4, 0.5) is 0 Å². The number of halogens is 1. The van der Waals surface area contributed by atoms with Gasteiger partial charge in [0.1, 0.15) is 11.4 Å². The van der Waals surface area contributed by atoms with Crippen LogP contribution in [0.5, 0.6) is 5.75 Å². The Kier molecular flexibility index (Phi) is 7.72. The number of rotatable bonds is 8. The summed E-state index contributed by atoms with van der Waals surface area (Å²) in [6, 6.07) is 11.8. The highest BCUT2D eigenvalue weighted by Gasteiger charge is 2.25. The number of nitrogens with zero attached hydrogens (tertiary/aromatic N) is 2. The minimum absolute atomic E-state index is 0. The summed E-state index contributed by atoms with van der Waals surface area (Å²) in [5, 5.41) is 11.9. The molecule has 6 nitrogen and oxygen atoms in total. The van der Waals surface area contributed by atoms with Crippen molar-refractivity contribution in [2.75, 3.05) is 26.8 Å². The van der Waals surface area contributed by atoms with Crippen LogP contribution in [0, 0.1) is 0 Å². The molecular formula is C23H30ClN3O3. The number of nitrogens with one attached hydrogen (secondary N) is 1. The minimum Gasteiger partial charge on any atom is -0.494 e. The highest BCUT2D eigenvalue weighted by atomic mass is 35.5. The zero-order valence-electron chi connectivity index (χ0n) is 17.5. The van der Waals surface area contributed by atoms with Crippen molar-refractivity contribution in [2.45, 2.75) is 38.5 Å². The van der Waals surface area contributed by atoms with Crippen LogP contribution < -0.4 is 4.74 Å². The molecule has 3 heterocycles. The molecule has 1 unspecified atom stereocenters. The molecule has 1 saturated heterocycles. The molecule has 0 saturated carbocycles. The molecule has 0 spiro atoms. The van der Waals surface area contributed by atoms with Gasteiger partial charge in [0.2, 0.25) is 0 Å². The first kappa shape index (κ1) is 22.6. The van der Waals surface area contributed by atoms with Crippen LogP contribution in [0.25, 0.3) is 11.0 Å². The van der Waals surface area contributed by atoms with Crippen molar-refractivity contribution in [3.63, 3.8) is 0 Å². The van der Waals surface area contributed by atoms with Gasteiger partial charge in [-0.05, 0) is 62.2 Å². The quantitative estimate of drug-likeness (QED) is 0.553. The smallest absolute Gasteiger partial charge is 0.137 e. The summed E-state index contributed by atoms with van der Waals surface area (Å²) < 4.78 is 11.5. The molecule has 0 radical (unpaired) electrons. The summed E-state index contributed by atoms with van der Waals surface area (Å²) in [5.41, 5.74) is 4.09. The second-order valence-corrected chi connectivity index (χ2v) is 7.64. The molecule has 30 heavy (non-hydrogen) atoms. The van der Waals surface area contributed by atoms with E-state index < -0.39 is 6.10 Å². The number of pyridine rings is 1. The standard InChI is InChI=1S/C23H29N3O3.ClH/c1-3-28-17-8-4-7-16(13-17)20(27)15-26(2)14-19-18-9-5-11-24-23(18)25-22(19)21-10-6-12-29-21;/h4-5,7-9,11,13,20-21,27H,3,6,10,12,14-15H2,1-2H3,(H,24,25);1H/t20?,21-;/m1./s1. The largest absolute Gasteiger partial charge is 0.494 e. The van der Waals surface area contributed by atoms with Crippen LogP contribution in [0.15, 0.2) is 42.6 Å². The molecule has 1 aliphatic rings. The summed E-state index contributed by atoms with van der Waals surface area (Å²) >= 11 is 0. The van der Waals surface area contributed by atoms with Crippen molar-refractivity contribution in [1.82, 2.24) is 14.9 Å². The van der Waals surface area contributed by atoms with E-state index in [2.05, 4.69) is 20.9 Å². The zero-order chi connectivity index (χ0) is 20.2. The summed E-state index contributed by atoms with van der Waals surface area (Å²) in [6.45, 7) is 4.60. The maximum atomic E-state index is 10.8. The molecule has 0 amide bonds. The van der Waals surface area contributed by atoms with Crippen LogP contribution in [0.1, 0.15) is 48.8 Å². The van der Waals surface area contributed by atoms with Gasteiger partial charge in [-0.2, -0.15) is 0 Å². The molecule has 2 atom stereocenters. The first-order chi connectivity index (χ1) is 14.2. The third kappa shape index (κ3) is 4.95. The average Bonchev–Trinajstić information content (AvgIpc) is 3.37. The summed E-state index contributed by atoms with van der Waals surface area (Å²) in [7, 11) is 2.03. The Labute approximate surface area is 183 Å². The number of hydrogen-bond donors (Lipinski definition) is 2. The lowest BCUT2D eigenvalue weighted by Crippen LogP contribution is -2.25. The van der Waals surface area contributed by atoms with E-state index in [0.717, 1.165) is 47.5 Å². The topological polar surface area (TPSA) is 70.6 Å². The van der Waals surface area contributed by atoms with E-state index in [1.165, 1.54) is 5.56 Å². The van der Waals surface area contributed by atoms with E-state index in [1.54, 1.807) is 6.20 Å². The van der Waals surface area contributed by atoms with Gasteiger partial charge in [-0.15, -0.1) is 12.4 Å². The maximum Gasteiger partial charge on any atom is 0.137 e. The van der Waals surface area contributed by atoms with Gasteiger partial charge in [-0.25, -0.2) is 4.98 Å². The molecule has 4 rings (SSSR count). The summed E-state index contributed by atoms with van der Waals surface area (Å²) in [4.78, 5) is 10.1. The number of hydrogen-bond acceptors (Lipinski definition) is 5. The third-order valence-corrected chi connectivity index (χ3v) is 5.43. The Balaban J connectivity index is 0.00000256. The van der Waals surface area contributed by atoms with Crippen molar-refractivity contribution < 1.29 is 14.6 Å². The zero-order valence-corrected chi connectivity index (χ0v) is 18.3. The molecule has 0 aliphatic carbocycles. The lowest BCUT2D eigenvalue weighted by Gasteiger charge is -2.22. The molecule has 7 heteroatoms. The Hall–Kier alpha value is -2.12. The number of aliphatic hydroxyl groups is 1. The van der Waals surface area contributed by atoms with E-state index in [-0.39, 0.29) is 18.5 Å². The number of H-pyrrole nitrogens is 1. The van der Waals surface area contributed by atoms with Gasteiger partial charge in [-0.1, -0.05) is 12.1 Å². The van der Waals surface area contributed by atoms with E-state index in [0.29, 0.717) is 19.7 Å². The van der Waals surface area contributed by atoms with Gasteiger partial charge in [-0.3, -0.25) is 4.90 Å². The molecule has 3 aromatic rings. The normalized spacial score (nSPS) is 17.3. The molecule has 162 valence electrons. The molecule has 2 N–H and O–H groups in total. The Bertz CT molecular complexity index is 956. The second-order valence-electron chi connectivity index (χ2n) is 7.64. The fraction of sp³-hybridized carbons (Fsp3) is 0.435. The van der Waals surface area contributed by atoms with E-state index in [4.69, 9.17) is 9.47 Å². The highest BCUT2D eigenvalue weighted by molar-refractivity contribution is 5.85. The van der Waals surface area contributed by atoms with Crippen LogP contribution in [-0.4, -0.2) is 46.8 Å². The molecule has 1 aromatic carbocycles. The predicted octanol–water partition coefficient (Wildman–Crippen LogP) is 4.40. The van der Waals surface area contributed by atoms with Gasteiger partial charge in [0, 0.05) is 31.3 Å². The molecule has 1 fully saturated rings. The van der Waals surface area contributed by atoms with Gasteiger partial charge in [0.25, 0.3) is 0 Å². The molecule has 0 bridgehead atoms. The van der Waals surface area contributed by atoms with Crippen LogP contribution in [-0.2, 0) is 11.3 Å². The molecule has 2 aromatic heterocycles. The van der Waals surface area contributed by atoms with Crippen molar-refractivity contribution in [1.29, 1.82) is 0 Å². The van der Waals surface area contributed by atoms with Gasteiger partial charge in [0.15, 0.2) is 0 Å². The Morgan fingerprint density at radius 3 is 2.97 bits per heavy atom. The number of aromatic amines is 1. The van der Waals surface area contributed by atoms with Gasteiger partial charge < -0.3 is 19.6 Å². The predicted molar refractivity (Wildman–Crippen MR) is 120 cm³/mol. The highest BCUT2D eigenvalue weighted by Crippen LogP contribution is 2.34. The van der Waals surface area contributed by atoms with Crippen molar-refractivity contribution in [3.8, 4) is 5.75 Å².